The predicted octanol–water partition coefficient (Wildman–Crippen LogP) is 3.48. The van der Waals surface area contributed by atoms with Gasteiger partial charge >= 0.3 is 0 Å². The van der Waals surface area contributed by atoms with E-state index in [-0.39, 0.29) is 5.91 Å². The molecule has 1 aliphatic heterocycles. The second-order valence-electron chi connectivity index (χ2n) is 6.59. The lowest BCUT2D eigenvalue weighted by Gasteiger charge is -2.29. The fourth-order valence-corrected chi connectivity index (χ4v) is 3.41. The largest absolute Gasteiger partial charge is 0.347 e. The van der Waals surface area contributed by atoms with Crippen molar-refractivity contribution in [3.05, 3.63) is 34.3 Å². The molecule has 1 amide bonds. The minimum Gasteiger partial charge on any atom is -0.347 e. The number of nitrogens with zero attached hydrogens (tertiary/aromatic N) is 1. The van der Waals surface area contributed by atoms with E-state index < -0.39 is 5.54 Å². The van der Waals surface area contributed by atoms with Gasteiger partial charge in [0.05, 0.1) is 5.54 Å². The maximum Gasteiger partial charge on any atom is 0.222 e. The third-order valence-electron chi connectivity index (χ3n) is 4.41. The van der Waals surface area contributed by atoms with Crippen molar-refractivity contribution < 1.29 is 4.79 Å². The standard InChI is InChI=1S/C17H25ClN2O/c1-12-7-5-9-14(16(12)18)17(2,3)19-15(21)11-13-8-6-10-20(13)4/h5,7,9,13H,6,8,10-11H2,1-4H3,(H,19,21)/t13-/m0/s1. The zero-order valence-corrected chi connectivity index (χ0v) is 14.1. The van der Waals surface area contributed by atoms with E-state index in [2.05, 4.69) is 17.3 Å². The normalized spacial score (nSPS) is 19.8. The second kappa shape index (κ2) is 6.37. The number of hydrogen-bond acceptors (Lipinski definition) is 2. The van der Waals surface area contributed by atoms with Crippen molar-refractivity contribution in [2.24, 2.45) is 0 Å². The van der Waals surface area contributed by atoms with Gasteiger partial charge in [-0.05, 0) is 58.3 Å². The van der Waals surface area contributed by atoms with Gasteiger partial charge in [0.25, 0.3) is 0 Å². The predicted molar refractivity (Wildman–Crippen MR) is 87.6 cm³/mol. The van der Waals surface area contributed by atoms with E-state index in [1.165, 1.54) is 6.42 Å². The van der Waals surface area contributed by atoms with Crippen molar-refractivity contribution in [1.29, 1.82) is 0 Å². The summed E-state index contributed by atoms with van der Waals surface area (Å²) < 4.78 is 0. The van der Waals surface area contributed by atoms with E-state index in [9.17, 15) is 4.79 Å². The number of hydrogen-bond donors (Lipinski definition) is 1. The summed E-state index contributed by atoms with van der Waals surface area (Å²) in [6.45, 7) is 7.08. The molecule has 0 radical (unpaired) electrons. The molecule has 1 aromatic carbocycles. The molecular formula is C17H25ClN2O. The van der Waals surface area contributed by atoms with Crippen LogP contribution in [0.3, 0.4) is 0 Å². The third-order valence-corrected chi connectivity index (χ3v) is 4.91. The smallest absolute Gasteiger partial charge is 0.222 e. The van der Waals surface area contributed by atoms with Crippen LogP contribution in [0.15, 0.2) is 18.2 Å². The molecule has 0 saturated carbocycles. The molecule has 1 N–H and O–H groups in total. The maximum atomic E-state index is 12.3. The molecule has 1 aromatic rings. The fraction of sp³-hybridized carbons (Fsp3) is 0.588. The topological polar surface area (TPSA) is 32.3 Å². The summed E-state index contributed by atoms with van der Waals surface area (Å²) in [5.74, 6) is 0.0938. The Kier molecular flexibility index (Phi) is 4.95. The highest BCUT2D eigenvalue weighted by Gasteiger charge is 2.29. The van der Waals surface area contributed by atoms with Crippen LogP contribution >= 0.6 is 11.6 Å². The highest BCUT2D eigenvalue weighted by atomic mass is 35.5. The fourth-order valence-electron chi connectivity index (χ4n) is 3.05. The van der Waals surface area contributed by atoms with E-state index in [0.29, 0.717) is 12.5 Å². The van der Waals surface area contributed by atoms with E-state index in [1.807, 2.05) is 39.0 Å². The maximum absolute atomic E-state index is 12.3. The number of carbonyl (C=O) groups excluding carboxylic acids is 1. The average Bonchev–Trinajstić information content (AvgIpc) is 2.77. The van der Waals surface area contributed by atoms with Crippen LogP contribution in [-0.2, 0) is 10.3 Å². The number of carbonyl (C=O) groups is 1. The number of halogens is 1. The summed E-state index contributed by atoms with van der Waals surface area (Å²) >= 11 is 6.40. The molecule has 1 saturated heterocycles. The molecule has 1 heterocycles. The molecule has 0 spiro atoms. The van der Waals surface area contributed by atoms with Gasteiger partial charge in [-0.1, -0.05) is 29.8 Å². The Labute approximate surface area is 132 Å². The summed E-state index contributed by atoms with van der Waals surface area (Å²) in [6.07, 6.45) is 2.85. The summed E-state index contributed by atoms with van der Waals surface area (Å²) in [4.78, 5) is 14.6. The average molecular weight is 309 g/mol. The molecular weight excluding hydrogens is 284 g/mol. The first-order chi connectivity index (χ1) is 9.81. The van der Waals surface area contributed by atoms with Gasteiger partial charge in [-0.25, -0.2) is 0 Å². The first-order valence-corrected chi connectivity index (χ1v) is 7.96. The molecule has 4 heteroatoms. The Hall–Kier alpha value is -1.06. The number of amides is 1. The molecule has 1 fully saturated rings. The van der Waals surface area contributed by atoms with E-state index in [4.69, 9.17) is 11.6 Å². The van der Waals surface area contributed by atoms with E-state index >= 15 is 0 Å². The molecule has 2 rings (SSSR count). The Morgan fingerprint density at radius 3 is 2.81 bits per heavy atom. The van der Waals surface area contributed by atoms with Crippen LogP contribution in [0.1, 0.15) is 44.2 Å². The summed E-state index contributed by atoms with van der Waals surface area (Å²) in [5.41, 5.74) is 1.54. The van der Waals surface area contributed by atoms with Crippen LogP contribution in [0.4, 0.5) is 0 Å². The number of likely N-dealkylation sites (tertiary alicyclic amines) is 1. The Morgan fingerprint density at radius 1 is 1.48 bits per heavy atom. The highest BCUT2D eigenvalue weighted by molar-refractivity contribution is 6.32. The Morgan fingerprint density at radius 2 is 2.19 bits per heavy atom. The molecule has 3 nitrogen and oxygen atoms in total. The third kappa shape index (κ3) is 3.78. The molecule has 116 valence electrons. The summed E-state index contributed by atoms with van der Waals surface area (Å²) in [5, 5.41) is 3.87. The van der Waals surface area contributed by atoms with Gasteiger partial charge in [0, 0.05) is 17.5 Å². The zero-order valence-electron chi connectivity index (χ0n) is 13.4. The minimum atomic E-state index is -0.461. The first-order valence-electron chi connectivity index (χ1n) is 7.58. The monoisotopic (exact) mass is 308 g/mol. The summed E-state index contributed by atoms with van der Waals surface area (Å²) in [7, 11) is 2.09. The molecule has 0 unspecified atom stereocenters. The second-order valence-corrected chi connectivity index (χ2v) is 6.97. The van der Waals surface area contributed by atoms with Crippen molar-refractivity contribution in [3.8, 4) is 0 Å². The minimum absolute atomic E-state index is 0.0938. The Bertz CT molecular complexity index is 528. The molecule has 0 bridgehead atoms. The first kappa shape index (κ1) is 16.3. The van der Waals surface area contributed by atoms with Crippen molar-refractivity contribution in [3.63, 3.8) is 0 Å². The van der Waals surface area contributed by atoms with Gasteiger partial charge in [0.1, 0.15) is 0 Å². The van der Waals surface area contributed by atoms with Crippen LogP contribution in [0.2, 0.25) is 5.02 Å². The van der Waals surface area contributed by atoms with Gasteiger partial charge in [-0.2, -0.15) is 0 Å². The van der Waals surface area contributed by atoms with Gasteiger partial charge in [-0.3, -0.25) is 4.79 Å². The number of nitrogens with one attached hydrogen (secondary N) is 1. The molecule has 0 aromatic heterocycles. The van der Waals surface area contributed by atoms with Gasteiger partial charge < -0.3 is 10.2 Å². The number of aryl methyl sites for hydroxylation is 1. The highest BCUT2D eigenvalue weighted by Crippen LogP contribution is 2.30. The van der Waals surface area contributed by atoms with Crippen LogP contribution in [0, 0.1) is 6.92 Å². The van der Waals surface area contributed by atoms with E-state index in [1.54, 1.807) is 0 Å². The van der Waals surface area contributed by atoms with Crippen LogP contribution < -0.4 is 5.32 Å². The molecule has 1 aliphatic rings. The van der Waals surface area contributed by atoms with Crippen molar-refractivity contribution in [2.45, 2.75) is 51.6 Å². The molecule has 0 aliphatic carbocycles. The quantitative estimate of drug-likeness (QED) is 0.923. The lowest BCUT2D eigenvalue weighted by Crippen LogP contribution is -2.43. The van der Waals surface area contributed by atoms with Crippen molar-refractivity contribution >= 4 is 17.5 Å². The number of benzene rings is 1. The van der Waals surface area contributed by atoms with Crippen molar-refractivity contribution in [1.82, 2.24) is 10.2 Å². The van der Waals surface area contributed by atoms with Gasteiger partial charge in [0.2, 0.25) is 5.91 Å². The molecule has 21 heavy (non-hydrogen) atoms. The zero-order chi connectivity index (χ0) is 15.6. The number of rotatable bonds is 4. The summed E-state index contributed by atoms with van der Waals surface area (Å²) in [6, 6.07) is 6.32. The van der Waals surface area contributed by atoms with Gasteiger partial charge in [0.15, 0.2) is 0 Å². The lowest BCUT2D eigenvalue weighted by molar-refractivity contribution is -0.123. The van der Waals surface area contributed by atoms with Gasteiger partial charge in [-0.15, -0.1) is 0 Å². The Balaban J connectivity index is 2.06. The van der Waals surface area contributed by atoms with Crippen LogP contribution in [-0.4, -0.2) is 30.4 Å². The van der Waals surface area contributed by atoms with E-state index in [0.717, 1.165) is 29.1 Å². The lowest BCUT2D eigenvalue weighted by atomic mass is 9.92. The van der Waals surface area contributed by atoms with Crippen LogP contribution in [0.5, 0.6) is 0 Å². The SMILES string of the molecule is Cc1cccc(C(C)(C)NC(=O)C[C@@H]2CCCN2C)c1Cl. The van der Waals surface area contributed by atoms with Crippen molar-refractivity contribution in [2.75, 3.05) is 13.6 Å². The molecule has 1 atom stereocenters. The van der Waals surface area contributed by atoms with Crippen LogP contribution in [0.25, 0.3) is 0 Å².